The first kappa shape index (κ1) is 25.3. The maximum Gasteiger partial charge on any atom is 0.283 e. The normalized spacial score (nSPS) is 20.8. The summed E-state index contributed by atoms with van der Waals surface area (Å²) in [5.74, 6) is -4.74. The fraction of sp³-hybridized carbons (Fsp3) is 0.458. The molecule has 1 fully saturated rings. The number of hydrogen-bond donors (Lipinski definition) is 2. The summed E-state index contributed by atoms with van der Waals surface area (Å²) in [7, 11) is -3.97. The average Bonchev–Trinajstić information content (AvgIpc) is 2.96. The number of hydrogen-bond acceptors (Lipinski definition) is 4. The molecule has 6 nitrogen and oxygen atoms in total. The highest BCUT2D eigenvalue weighted by atomic mass is 32.2. The molecule has 9 heteroatoms. The lowest BCUT2D eigenvalue weighted by Crippen LogP contribution is -2.54. The third-order valence-electron chi connectivity index (χ3n) is 5.82. The first-order valence-corrected chi connectivity index (χ1v) is 12.5. The Bertz CT molecular complexity index is 1130. The van der Waals surface area contributed by atoms with E-state index >= 15 is 8.78 Å². The van der Waals surface area contributed by atoms with Gasteiger partial charge in [0, 0.05) is 0 Å². The number of nitrogens with one attached hydrogen (secondary N) is 1. The van der Waals surface area contributed by atoms with Gasteiger partial charge in [-0.15, -0.1) is 0 Å². The van der Waals surface area contributed by atoms with Crippen molar-refractivity contribution < 1.29 is 27.1 Å². The van der Waals surface area contributed by atoms with Gasteiger partial charge in [-0.1, -0.05) is 54.1 Å². The second-order valence-electron chi connectivity index (χ2n) is 9.09. The molecule has 0 aromatic heterocycles. The van der Waals surface area contributed by atoms with Gasteiger partial charge in [-0.25, -0.2) is 21.9 Å². The molecule has 1 heterocycles. The number of likely N-dealkylation sites (tertiary alicyclic amines) is 1. The molecular formula is C24H30F2N2O4S. The summed E-state index contributed by atoms with van der Waals surface area (Å²) in [5, 5.41) is 10.2. The van der Waals surface area contributed by atoms with Crippen LogP contribution in [0.25, 0.3) is 11.1 Å². The van der Waals surface area contributed by atoms with Gasteiger partial charge in [0.15, 0.2) is 0 Å². The minimum Gasteiger partial charge on any atom is -0.381 e. The van der Waals surface area contributed by atoms with E-state index in [1.54, 1.807) is 12.1 Å². The maximum atomic E-state index is 15.0. The van der Waals surface area contributed by atoms with Crippen LogP contribution in [0, 0.1) is 6.92 Å². The van der Waals surface area contributed by atoms with Gasteiger partial charge in [0.2, 0.25) is 10.0 Å². The van der Waals surface area contributed by atoms with E-state index in [-0.39, 0.29) is 12.2 Å². The van der Waals surface area contributed by atoms with Crippen molar-refractivity contribution in [3.05, 3.63) is 59.7 Å². The van der Waals surface area contributed by atoms with Gasteiger partial charge in [-0.3, -0.25) is 4.79 Å². The van der Waals surface area contributed by atoms with Crippen LogP contribution in [0.3, 0.4) is 0 Å². The van der Waals surface area contributed by atoms with E-state index in [1.807, 2.05) is 43.3 Å². The summed E-state index contributed by atoms with van der Waals surface area (Å²) in [5.41, 5.74) is 1.71. The van der Waals surface area contributed by atoms with Crippen LogP contribution in [0.15, 0.2) is 48.5 Å². The number of halogens is 2. The average molecular weight is 481 g/mol. The number of sulfonamides is 1. The fourth-order valence-corrected chi connectivity index (χ4v) is 4.97. The predicted octanol–water partition coefficient (Wildman–Crippen LogP) is 3.13. The van der Waals surface area contributed by atoms with Gasteiger partial charge in [0.25, 0.3) is 11.8 Å². The number of aryl methyl sites for hydroxylation is 1. The fourth-order valence-electron chi connectivity index (χ4n) is 4.09. The molecule has 33 heavy (non-hydrogen) atoms. The number of amides is 1. The van der Waals surface area contributed by atoms with E-state index in [4.69, 9.17) is 0 Å². The molecule has 0 unspecified atom stereocenters. The van der Waals surface area contributed by atoms with Crippen molar-refractivity contribution >= 4 is 15.9 Å². The second kappa shape index (κ2) is 9.12. The summed E-state index contributed by atoms with van der Waals surface area (Å²) in [6, 6.07) is 12.2. The lowest BCUT2D eigenvalue weighted by atomic mass is 9.95. The lowest BCUT2D eigenvalue weighted by Gasteiger charge is -2.31. The molecule has 3 rings (SSSR count). The van der Waals surface area contributed by atoms with Crippen LogP contribution in [0.4, 0.5) is 8.78 Å². The minimum atomic E-state index is -3.97. The highest BCUT2D eigenvalue weighted by Crippen LogP contribution is 2.36. The summed E-state index contributed by atoms with van der Waals surface area (Å²) in [6.07, 6.45) is -0.00599. The highest BCUT2D eigenvalue weighted by Gasteiger charge is 2.58. The van der Waals surface area contributed by atoms with Crippen molar-refractivity contribution in [1.82, 2.24) is 9.62 Å². The third-order valence-corrected chi connectivity index (χ3v) is 7.19. The second-order valence-corrected chi connectivity index (χ2v) is 11.1. The van der Waals surface area contributed by atoms with Gasteiger partial charge >= 0.3 is 0 Å². The van der Waals surface area contributed by atoms with E-state index < -0.39 is 46.1 Å². The number of carbonyl (C=O) groups excluding carboxylic acids is 1. The number of alkyl halides is 2. The number of aliphatic hydroxyl groups is 1. The molecule has 2 aromatic carbocycles. The highest BCUT2D eigenvalue weighted by molar-refractivity contribution is 7.89. The molecule has 2 atom stereocenters. The Morgan fingerprint density at radius 2 is 1.79 bits per heavy atom. The molecule has 1 aliphatic rings. The Morgan fingerprint density at radius 3 is 2.36 bits per heavy atom. The molecule has 0 aliphatic carbocycles. The quantitative estimate of drug-likeness (QED) is 0.638. The zero-order valence-corrected chi connectivity index (χ0v) is 20.0. The summed E-state index contributed by atoms with van der Waals surface area (Å²) >= 11 is 0. The number of nitrogens with zero attached hydrogens (tertiary/aromatic N) is 1. The monoisotopic (exact) mass is 480 g/mol. The predicted molar refractivity (Wildman–Crippen MR) is 123 cm³/mol. The zero-order valence-electron chi connectivity index (χ0n) is 19.2. The molecule has 1 amide bonds. The van der Waals surface area contributed by atoms with Crippen molar-refractivity contribution in [1.29, 1.82) is 0 Å². The van der Waals surface area contributed by atoms with E-state index in [1.165, 1.54) is 20.8 Å². The van der Waals surface area contributed by atoms with Crippen molar-refractivity contribution in [3.8, 4) is 11.1 Å². The SMILES string of the molecule is CCS(=O)(=O)N[C@@H]1[C@H](Cc2cccc(-c3cccc(C)c3)c2)N(C(=O)C(C)(C)O)CC1(F)F. The van der Waals surface area contributed by atoms with Crippen LogP contribution in [0.5, 0.6) is 0 Å². The Kier molecular flexibility index (Phi) is 6.98. The topological polar surface area (TPSA) is 86.7 Å². The Labute approximate surface area is 193 Å². The van der Waals surface area contributed by atoms with Gasteiger partial charge in [-0.05, 0) is 50.8 Å². The molecule has 1 aliphatic heterocycles. The van der Waals surface area contributed by atoms with E-state index in [9.17, 15) is 18.3 Å². The van der Waals surface area contributed by atoms with E-state index in [2.05, 4.69) is 4.72 Å². The number of carbonyl (C=O) groups is 1. The van der Waals surface area contributed by atoms with Crippen molar-refractivity contribution in [2.45, 2.75) is 57.7 Å². The molecule has 0 saturated carbocycles. The molecule has 0 spiro atoms. The number of rotatable bonds is 7. The summed E-state index contributed by atoms with van der Waals surface area (Å²) < 4.78 is 56.5. The van der Waals surface area contributed by atoms with Gasteiger partial charge in [-0.2, -0.15) is 0 Å². The van der Waals surface area contributed by atoms with Crippen LogP contribution in [0.2, 0.25) is 0 Å². The Hall–Kier alpha value is -2.36. The Morgan fingerprint density at radius 1 is 1.18 bits per heavy atom. The van der Waals surface area contributed by atoms with Gasteiger partial charge < -0.3 is 10.0 Å². The van der Waals surface area contributed by atoms with Gasteiger partial charge in [0.05, 0.1) is 18.3 Å². The van der Waals surface area contributed by atoms with Crippen molar-refractivity contribution in [2.24, 2.45) is 0 Å². The molecule has 2 N–H and O–H groups in total. The smallest absolute Gasteiger partial charge is 0.283 e. The van der Waals surface area contributed by atoms with Crippen molar-refractivity contribution in [3.63, 3.8) is 0 Å². The Balaban J connectivity index is 2.01. The first-order chi connectivity index (χ1) is 15.2. The first-order valence-electron chi connectivity index (χ1n) is 10.8. The molecule has 1 saturated heterocycles. The molecule has 0 radical (unpaired) electrons. The number of benzene rings is 2. The zero-order chi connectivity index (χ0) is 24.6. The maximum absolute atomic E-state index is 15.0. The largest absolute Gasteiger partial charge is 0.381 e. The lowest BCUT2D eigenvalue weighted by molar-refractivity contribution is -0.149. The van der Waals surface area contributed by atoms with Crippen LogP contribution in [-0.2, 0) is 21.2 Å². The van der Waals surface area contributed by atoms with Gasteiger partial charge in [0.1, 0.15) is 11.6 Å². The molecule has 2 aromatic rings. The van der Waals surface area contributed by atoms with Crippen LogP contribution in [0.1, 0.15) is 31.9 Å². The minimum absolute atomic E-state index is 0.00599. The van der Waals surface area contributed by atoms with E-state index in [0.717, 1.165) is 21.6 Å². The third kappa shape index (κ3) is 5.77. The van der Waals surface area contributed by atoms with E-state index in [0.29, 0.717) is 5.56 Å². The molecule has 180 valence electrons. The van der Waals surface area contributed by atoms with Crippen LogP contribution >= 0.6 is 0 Å². The van der Waals surface area contributed by atoms with Crippen LogP contribution in [-0.4, -0.2) is 60.2 Å². The van der Waals surface area contributed by atoms with Crippen LogP contribution < -0.4 is 4.72 Å². The summed E-state index contributed by atoms with van der Waals surface area (Å²) in [4.78, 5) is 13.7. The standard InChI is InChI=1S/C24H30F2N2O4S/c1-5-33(31,32)27-21-20(28(15-24(21,25)26)22(29)23(3,4)30)14-17-9-7-11-19(13-17)18-10-6-8-16(2)12-18/h6-13,20-21,27,30H,5,14-15H2,1-4H3/t20-,21+/m0/s1. The summed E-state index contributed by atoms with van der Waals surface area (Å²) in [6.45, 7) is 4.81. The molecule has 0 bridgehead atoms. The molecular weight excluding hydrogens is 450 g/mol. The van der Waals surface area contributed by atoms with Crippen molar-refractivity contribution in [2.75, 3.05) is 12.3 Å².